The first kappa shape index (κ1) is 15.4. The maximum atomic E-state index is 13.5. The summed E-state index contributed by atoms with van der Waals surface area (Å²) in [6, 6.07) is 8.36. The van der Waals surface area contributed by atoms with E-state index in [4.69, 9.17) is 4.74 Å². The van der Waals surface area contributed by atoms with Crippen LogP contribution < -0.4 is 10.1 Å². The molecule has 0 aliphatic rings. The molecule has 0 amide bonds. The standard InChI is InChI=1S/C17H21FN2O/c1-4-9-19-13(3)16-10-14(18)6-8-17(16)21-15-7-5-12(2)20-11-15/h5-8,10-11,13,19H,4,9H2,1-3H3. The van der Waals surface area contributed by atoms with E-state index < -0.39 is 0 Å². The summed E-state index contributed by atoms with van der Waals surface area (Å²) in [5, 5.41) is 3.35. The summed E-state index contributed by atoms with van der Waals surface area (Å²) in [4.78, 5) is 4.20. The van der Waals surface area contributed by atoms with Gasteiger partial charge in [0, 0.05) is 17.3 Å². The first-order chi connectivity index (χ1) is 10.1. The minimum absolute atomic E-state index is 0.0223. The molecule has 1 N–H and O–H groups in total. The highest BCUT2D eigenvalue weighted by Gasteiger charge is 2.13. The Morgan fingerprint density at radius 1 is 1.29 bits per heavy atom. The van der Waals surface area contributed by atoms with E-state index in [0.29, 0.717) is 11.5 Å². The van der Waals surface area contributed by atoms with Gasteiger partial charge in [-0.05, 0) is 57.1 Å². The summed E-state index contributed by atoms with van der Waals surface area (Å²) in [5.41, 5.74) is 1.74. The van der Waals surface area contributed by atoms with Crippen molar-refractivity contribution in [2.24, 2.45) is 0 Å². The SMILES string of the molecule is CCCNC(C)c1cc(F)ccc1Oc1ccc(C)nc1. The molecule has 112 valence electrons. The number of hydrogen-bond donors (Lipinski definition) is 1. The second-order valence-corrected chi connectivity index (χ2v) is 5.10. The molecule has 4 heteroatoms. The number of benzene rings is 1. The van der Waals surface area contributed by atoms with Crippen LogP contribution in [0.3, 0.4) is 0 Å². The van der Waals surface area contributed by atoms with Crippen molar-refractivity contribution in [2.45, 2.75) is 33.2 Å². The third-order valence-electron chi connectivity index (χ3n) is 3.25. The first-order valence-corrected chi connectivity index (χ1v) is 7.23. The van der Waals surface area contributed by atoms with Crippen molar-refractivity contribution < 1.29 is 9.13 Å². The molecule has 1 aromatic heterocycles. The van der Waals surface area contributed by atoms with E-state index in [1.807, 2.05) is 26.0 Å². The van der Waals surface area contributed by atoms with Gasteiger partial charge >= 0.3 is 0 Å². The number of hydrogen-bond acceptors (Lipinski definition) is 3. The molecule has 1 unspecified atom stereocenters. The largest absolute Gasteiger partial charge is 0.455 e. The fraction of sp³-hybridized carbons (Fsp3) is 0.353. The van der Waals surface area contributed by atoms with Gasteiger partial charge in [-0.3, -0.25) is 4.98 Å². The molecule has 1 atom stereocenters. The Labute approximate surface area is 125 Å². The molecular weight excluding hydrogens is 267 g/mol. The number of nitrogens with zero attached hydrogens (tertiary/aromatic N) is 1. The lowest BCUT2D eigenvalue weighted by Gasteiger charge is -2.18. The first-order valence-electron chi connectivity index (χ1n) is 7.23. The van der Waals surface area contributed by atoms with Gasteiger partial charge in [0.05, 0.1) is 6.20 Å². The molecular formula is C17H21FN2O. The van der Waals surface area contributed by atoms with Crippen LogP contribution in [0, 0.1) is 12.7 Å². The van der Waals surface area contributed by atoms with Crippen LogP contribution in [0.25, 0.3) is 0 Å². The monoisotopic (exact) mass is 288 g/mol. The van der Waals surface area contributed by atoms with E-state index in [2.05, 4.69) is 17.2 Å². The van der Waals surface area contributed by atoms with Crippen LogP contribution >= 0.6 is 0 Å². The average molecular weight is 288 g/mol. The summed E-state index contributed by atoms with van der Waals surface area (Å²) >= 11 is 0. The average Bonchev–Trinajstić information content (AvgIpc) is 2.49. The quantitative estimate of drug-likeness (QED) is 0.856. The van der Waals surface area contributed by atoms with E-state index in [1.54, 1.807) is 12.3 Å². The number of nitrogens with one attached hydrogen (secondary N) is 1. The predicted octanol–water partition coefficient (Wildman–Crippen LogP) is 4.38. The van der Waals surface area contributed by atoms with Crippen LogP contribution in [0.1, 0.15) is 37.6 Å². The fourth-order valence-electron chi connectivity index (χ4n) is 2.06. The molecule has 3 nitrogen and oxygen atoms in total. The van der Waals surface area contributed by atoms with E-state index in [-0.39, 0.29) is 11.9 Å². The summed E-state index contributed by atoms with van der Waals surface area (Å²) in [6.07, 6.45) is 2.70. The molecule has 21 heavy (non-hydrogen) atoms. The maximum Gasteiger partial charge on any atom is 0.145 e. The smallest absolute Gasteiger partial charge is 0.145 e. The van der Waals surface area contributed by atoms with Crippen LogP contribution in [0.4, 0.5) is 4.39 Å². The lowest BCUT2D eigenvalue weighted by molar-refractivity contribution is 0.455. The maximum absolute atomic E-state index is 13.5. The zero-order chi connectivity index (χ0) is 15.2. The van der Waals surface area contributed by atoms with E-state index in [0.717, 1.165) is 24.2 Å². The molecule has 2 rings (SSSR count). The molecule has 1 heterocycles. The van der Waals surface area contributed by atoms with Gasteiger partial charge in [0.1, 0.15) is 17.3 Å². The lowest BCUT2D eigenvalue weighted by atomic mass is 10.1. The second-order valence-electron chi connectivity index (χ2n) is 5.10. The van der Waals surface area contributed by atoms with Crippen molar-refractivity contribution in [2.75, 3.05) is 6.54 Å². The topological polar surface area (TPSA) is 34.1 Å². The molecule has 0 spiro atoms. The van der Waals surface area contributed by atoms with Crippen molar-refractivity contribution in [3.8, 4) is 11.5 Å². The Morgan fingerprint density at radius 3 is 2.76 bits per heavy atom. The zero-order valence-electron chi connectivity index (χ0n) is 12.7. The lowest BCUT2D eigenvalue weighted by Crippen LogP contribution is -2.19. The number of aryl methyl sites for hydroxylation is 1. The summed E-state index contributed by atoms with van der Waals surface area (Å²) in [5.74, 6) is 1.04. The Hall–Kier alpha value is -1.94. The minimum Gasteiger partial charge on any atom is -0.455 e. The number of halogens is 1. The fourth-order valence-corrected chi connectivity index (χ4v) is 2.06. The third kappa shape index (κ3) is 4.26. The van der Waals surface area contributed by atoms with Gasteiger partial charge in [-0.2, -0.15) is 0 Å². The molecule has 0 aliphatic heterocycles. The van der Waals surface area contributed by atoms with Crippen LogP contribution in [0.15, 0.2) is 36.5 Å². The Kier molecular flexibility index (Phi) is 5.28. The van der Waals surface area contributed by atoms with Crippen molar-refractivity contribution in [1.29, 1.82) is 0 Å². The van der Waals surface area contributed by atoms with Gasteiger partial charge in [0.15, 0.2) is 0 Å². The van der Waals surface area contributed by atoms with Crippen molar-refractivity contribution in [1.82, 2.24) is 10.3 Å². The minimum atomic E-state index is -0.260. The normalized spacial score (nSPS) is 12.2. The molecule has 0 fully saturated rings. The van der Waals surface area contributed by atoms with Crippen molar-refractivity contribution >= 4 is 0 Å². The van der Waals surface area contributed by atoms with Crippen molar-refractivity contribution in [3.63, 3.8) is 0 Å². The van der Waals surface area contributed by atoms with Gasteiger partial charge in [0.2, 0.25) is 0 Å². The number of rotatable bonds is 6. The number of pyridine rings is 1. The Morgan fingerprint density at radius 2 is 2.10 bits per heavy atom. The molecule has 0 saturated heterocycles. The Balaban J connectivity index is 2.23. The molecule has 0 aliphatic carbocycles. The predicted molar refractivity (Wildman–Crippen MR) is 82.2 cm³/mol. The van der Waals surface area contributed by atoms with Crippen molar-refractivity contribution in [3.05, 3.63) is 53.6 Å². The summed E-state index contributed by atoms with van der Waals surface area (Å²) in [7, 11) is 0. The van der Waals surface area contributed by atoms with Crippen LogP contribution in [0.2, 0.25) is 0 Å². The van der Waals surface area contributed by atoms with Gasteiger partial charge < -0.3 is 10.1 Å². The summed E-state index contributed by atoms with van der Waals surface area (Å²) < 4.78 is 19.4. The molecule has 0 radical (unpaired) electrons. The van der Waals surface area contributed by atoms with Gasteiger partial charge in [-0.25, -0.2) is 4.39 Å². The Bertz CT molecular complexity index is 584. The molecule has 2 aromatic rings. The highest BCUT2D eigenvalue weighted by atomic mass is 19.1. The second kappa shape index (κ2) is 7.18. The van der Waals surface area contributed by atoms with Gasteiger partial charge in [0.25, 0.3) is 0 Å². The van der Waals surface area contributed by atoms with Crippen LogP contribution in [-0.4, -0.2) is 11.5 Å². The van der Waals surface area contributed by atoms with E-state index in [9.17, 15) is 4.39 Å². The van der Waals surface area contributed by atoms with Crippen LogP contribution in [0.5, 0.6) is 11.5 Å². The van der Waals surface area contributed by atoms with Gasteiger partial charge in [-0.1, -0.05) is 6.92 Å². The highest BCUT2D eigenvalue weighted by Crippen LogP contribution is 2.30. The zero-order valence-corrected chi connectivity index (χ0v) is 12.7. The third-order valence-corrected chi connectivity index (χ3v) is 3.25. The molecule has 0 saturated carbocycles. The van der Waals surface area contributed by atoms with Gasteiger partial charge in [-0.15, -0.1) is 0 Å². The van der Waals surface area contributed by atoms with E-state index >= 15 is 0 Å². The molecule has 0 bridgehead atoms. The summed E-state index contributed by atoms with van der Waals surface area (Å²) in [6.45, 7) is 6.90. The number of ether oxygens (including phenoxy) is 1. The highest BCUT2D eigenvalue weighted by molar-refractivity contribution is 5.39. The molecule has 1 aromatic carbocycles. The number of aromatic nitrogens is 1. The van der Waals surface area contributed by atoms with Crippen LogP contribution in [-0.2, 0) is 0 Å². The van der Waals surface area contributed by atoms with E-state index in [1.165, 1.54) is 12.1 Å².